The van der Waals surface area contributed by atoms with Gasteiger partial charge >= 0.3 is 5.97 Å². The van der Waals surface area contributed by atoms with E-state index in [2.05, 4.69) is 66.7 Å². The molecule has 1 unspecified atom stereocenters. The highest BCUT2D eigenvalue weighted by Gasteiger charge is 2.41. The average Bonchev–Trinajstić information content (AvgIpc) is 2.81. The summed E-state index contributed by atoms with van der Waals surface area (Å²) in [6, 6.07) is 12.3. The zero-order valence-corrected chi connectivity index (χ0v) is 16.4. The van der Waals surface area contributed by atoms with E-state index >= 15 is 0 Å². The average molecular weight is 336 g/mol. The van der Waals surface area contributed by atoms with Gasteiger partial charge < -0.3 is 4.74 Å². The first-order valence-electron chi connectivity index (χ1n) is 8.96. The lowest BCUT2D eigenvalue weighted by molar-refractivity contribution is -0.133. The third kappa shape index (κ3) is 3.10. The van der Waals surface area contributed by atoms with Crippen molar-refractivity contribution in [3.63, 3.8) is 0 Å². The van der Waals surface area contributed by atoms with Crippen LogP contribution in [0.15, 0.2) is 36.4 Å². The van der Waals surface area contributed by atoms with Crippen molar-refractivity contribution in [1.82, 2.24) is 0 Å². The molecule has 0 amide bonds. The van der Waals surface area contributed by atoms with Gasteiger partial charge in [0.1, 0.15) is 11.7 Å². The Morgan fingerprint density at radius 1 is 0.840 bits per heavy atom. The standard InChI is InChI=1S/C23H28O2/c1-14-8-10-15(11-9-14)18-19-17(25-21(18)24)13-12-16(22(2,3)4)20(19)23(5,6)7/h8-13,18H,1-7H3. The zero-order chi connectivity index (χ0) is 18.6. The number of fused-ring (bicyclic) bond motifs is 1. The Balaban J connectivity index is 2.31. The summed E-state index contributed by atoms with van der Waals surface area (Å²) in [5.74, 6) is 0.205. The van der Waals surface area contributed by atoms with Crippen LogP contribution in [-0.4, -0.2) is 5.97 Å². The lowest BCUT2D eigenvalue weighted by Gasteiger charge is -2.32. The van der Waals surface area contributed by atoms with Crippen LogP contribution < -0.4 is 4.74 Å². The van der Waals surface area contributed by atoms with Gasteiger partial charge in [-0.2, -0.15) is 0 Å². The van der Waals surface area contributed by atoms with Gasteiger partial charge in [-0.3, -0.25) is 4.79 Å². The predicted octanol–water partition coefficient (Wildman–Crippen LogP) is 5.64. The number of aryl methyl sites for hydroxylation is 1. The minimum absolute atomic E-state index is 0.00110. The second kappa shape index (κ2) is 5.72. The van der Waals surface area contributed by atoms with Gasteiger partial charge in [-0.05, 0) is 40.5 Å². The Bertz CT molecular complexity index is 815. The molecule has 1 aliphatic heterocycles. The fourth-order valence-electron chi connectivity index (χ4n) is 3.76. The van der Waals surface area contributed by atoms with Crippen molar-refractivity contribution in [3.05, 3.63) is 64.2 Å². The van der Waals surface area contributed by atoms with Crippen LogP contribution in [0.25, 0.3) is 0 Å². The van der Waals surface area contributed by atoms with E-state index in [4.69, 9.17) is 4.74 Å². The normalized spacial score (nSPS) is 17.4. The molecular formula is C23H28O2. The molecular weight excluding hydrogens is 308 g/mol. The van der Waals surface area contributed by atoms with Crippen LogP contribution in [0.3, 0.4) is 0 Å². The maximum atomic E-state index is 12.7. The Morgan fingerprint density at radius 3 is 1.96 bits per heavy atom. The highest BCUT2D eigenvalue weighted by molar-refractivity contribution is 5.90. The van der Waals surface area contributed by atoms with Crippen LogP contribution >= 0.6 is 0 Å². The Labute approximate surface area is 151 Å². The molecule has 0 saturated heterocycles. The van der Waals surface area contributed by atoms with Gasteiger partial charge in [0.25, 0.3) is 0 Å². The van der Waals surface area contributed by atoms with Gasteiger partial charge in [-0.1, -0.05) is 77.4 Å². The van der Waals surface area contributed by atoms with E-state index in [9.17, 15) is 4.79 Å². The number of rotatable bonds is 1. The molecule has 2 nitrogen and oxygen atoms in total. The largest absolute Gasteiger partial charge is 0.425 e. The van der Waals surface area contributed by atoms with Crippen molar-refractivity contribution in [1.29, 1.82) is 0 Å². The molecule has 0 saturated carbocycles. The van der Waals surface area contributed by atoms with Crippen molar-refractivity contribution in [2.45, 2.75) is 65.2 Å². The maximum absolute atomic E-state index is 12.7. The van der Waals surface area contributed by atoms with Gasteiger partial charge in [0.05, 0.1) is 0 Å². The summed E-state index contributed by atoms with van der Waals surface area (Å²) in [4.78, 5) is 12.7. The fourth-order valence-corrected chi connectivity index (χ4v) is 3.76. The molecule has 3 rings (SSSR count). The molecule has 0 aromatic heterocycles. The van der Waals surface area contributed by atoms with Crippen molar-refractivity contribution < 1.29 is 9.53 Å². The van der Waals surface area contributed by atoms with E-state index in [-0.39, 0.29) is 22.7 Å². The molecule has 2 aromatic carbocycles. The van der Waals surface area contributed by atoms with E-state index in [1.54, 1.807) is 0 Å². The fraction of sp³-hybridized carbons (Fsp3) is 0.435. The molecule has 0 N–H and O–H groups in total. The quantitative estimate of drug-likeness (QED) is 0.497. The first-order chi connectivity index (χ1) is 11.5. The Kier molecular flexibility index (Phi) is 4.06. The van der Waals surface area contributed by atoms with Crippen molar-refractivity contribution >= 4 is 5.97 Å². The molecule has 2 aromatic rings. The third-order valence-corrected chi connectivity index (χ3v) is 4.91. The second-order valence-corrected chi connectivity index (χ2v) is 9.16. The van der Waals surface area contributed by atoms with Crippen LogP contribution in [0.2, 0.25) is 0 Å². The van der Waals surface area contributed by atoms with Gasteiger partial charge in [0, 0.05) is 5.56 Å². The Morgan fingerprint density at radius 2 is 1.44 bits per heavy atom. The van der Waals surface area contributed by atoms with Crippen LogP contribution in [0.5, 0.6) is 5.75 Å². The monoisotopic (exact) mass is 336 g/mol. The highest BCUT2D eigenvalue weighted by atomic mass is 16.5. The van der Waals surface area contributed by atoms with Crippen LogP contribution in [0.4, 0.5) is 0 Å². The predicted molar refractivity (Wildman–Crippen MR) is 102 cm³/mol. The SMILES string of the molecule is Cc1ccc(C2C(=O)Oc3ccc(C(C)(C)C)c(C(C)(C)C)c32)cc1. The van der Waals surface area contributed by atoms with Crippen LogP contribution in [-0.2, 0) is 15.6 Å². The first kappa shape index (κ1) is 17.7. The van der Waals surface area contributed by atoms with Crippen LogP contribution in [0.1, 0.15) is 75.3 Å². The molecule has 2 heteroatoms. The molecule has 0 spiro atoms. The molecule has 1 atom stereocenters. The molecule has 25 heavy (non-hydrogen) atoms. The number of esters is 1. The van der Waals surface area contributed by atoms with Gasteiger partial charge in [-0.15, -0.1) is 0 Å². The van der Waals surface area contributed by atoms with E-state index in [0.717, 1.165) is 11.1 Å². The summed E-state index contributed by atoms with van der Waals surface area (Å²) in [7, 11) is 0. The smallest absolute Gasteiger partial charge is 0.323 e. The van der Waals surface area contributed by atoms with Crippen molar-refractivity contribution in [2.24, 2.45) is 0 Å². The van der Waals surface area contributed by atoms with Crippen molar-refractivity contribution in [3.8, 4) is 5.75 Å². The summed E-state index contributed by atoms with van der Waals surface area (Å²) >= 11 is 0. The number of carbonyl (C=O) groups excluding carboxylic acids is 1. The minimum Gasteiger partial charge on any atom is -0.425 e. The van der Waals surface area contributed by atoms with E-state index in [1.165, 1.54) is 16.7 Å². The summed E-state index contributed by atoms with van der Waals surface area (Å²) in [6.45, 7) is 15.4. The molecule has 0 bridgehead atoms. The lowest BCUT2D eigenvalue weighted by Crippen LogP contribution is -2.25. The number of hydrogen-bond donors (Lipinski definition) is 0. The van der Waals surface area contributed by atoms with E-state index in [0.29, 0.717) is 5.75 Å². The second-order valence-electron chi connectivity index (χ2n) is 9.16. The number of hydrogen-bond acceptors (Lipinski definition) is 2. The van der Waals surface area contributed by atoms with Crippen LogP contribution in [0, 0.1) is 6.92 Å². The molecule has 0 aliphatic carbocycles. The van der Waals surface area contributed by atoms with Gasteiger partial charge in [0.15, 0.2) is 0 Å². The van der Waals surface area contributed by atoms with Gasteiger partial charge in [-0.25, -0.2) is 0 Å². The molecule has 1 aliphatic rings. The summed E-state index contributed by atoms with van der Waals surface area (Å²) in [6.07, 6.45) is 0. The molecule has 1 heterocycles. The first-order valence-corrected chi connectivity index (χ1v) is 8.96. The molecule has 0 fully saturated rings. The lowest BCUT2D eigenvalue weighted by atomic mass is 9.70. The number of carbonyl (C=O) groups is 1. The van der Waals surface area contributed by atoms with Gasteiger partial charge in [0.2, 0.25) is 0 Å². The minimum atomic E-state index is -0.341. The van der Waals surface area contributed by atoms with Crippen molar-refractivity contribution in [2.75, 3.05) is 0 Å². The number of ether oxygens (including phenoxy) is 1. The summed E-state index contributed by atoms with van der Waals surface area (Å²) in [5, 5.41) is 0. The maximum Gasteiger partial charge on any atom is 0.323 e. The Hall–Kier alpha value is -2.09. The summed E-state index contributed by atoms with van der Waals surface area (Å²) in [5.41, 5.74) is 5.70. The third-order valence-electron chi connectivity index (χ3n) is 4.91. The van der Waals surface area contributed by atoms with E-state index in [1.807, 2.05) is 18.2 Å². The molecule has 132 valence electrons. The topological polar surface area (TPSA) is 26.3 Å². The summed E-state index contributed by atoms with van der Waals surface area (Å²) < 4.78 is 5.67. The zero-order valence-electron chi connectivity index (χ0n) is 16.4. The van der Waals surface area contributed by atoms with E-state index < -0.39 is 0 Å². The highest BCUT2D eigenvalue weighted by Crippen LogP contribution is 2.48. The number of benzene rings is 2. The molecule has 0 radical (unpaired) electrons.